The van der Waals surface area contributed by atoms with Crippen LogP contribution in [0, 0.1) is 0 Å². The summed E-state index contributed by atoms with van der Waals surface area (Å²) in [5, 5.41) is 0. The Morgan fingerprint density at radius 2 is 1.80 bits per heavy atom. The molecule has 1 aromatic heterocycles. The van der Waals surface area contributed by atoms with Gasteiger partial charge in [-0.15, -0.1) is 0 Å². The smallest absolute Gasteiger partial charge is 0.280 e. The maximum absolute atomic E-state index is 12.9. The van der Waals surface area contributed by atoms with Crippen LogP contribution in [0.5, 0.6) is 0 Å². The van der Waals surface area contributed by atoms with Gasteiger partial charge in [-0.3, -0.25) is 4.79 Å². The Bertz CT molecular complexity index is 924. The zero-order valence-electron chi connectivity index (χ0n) is 13.7. The van der Waals surface area contributed by atoms with E-state index in [1.165, 1.54) is 23.5 Å². The van der Waals surface area contributed by atoms with E-state index in [-0.39, 0.29) is 17.4 Å². The van der Waals surface area contributed by atoms with Gasteiger partial charge in [0.1, 0.15) is 0 Å². The van der Waals surface area contributed by atoms with Crippen LogP contribution in [0.15, 0.2) is 60.9 Å². The van der Waals surface area contributed by atoms with Crippen LogP contribution in [0.3, 0.4) is 0 Å². The minimum absolute atomic E-state index is 0.167. The van der Waals surface area contributed by atoms with Gasteiger partial charge in [0.15, 0.2) is 11.5 Å². The summed E-state index contributed by atoms with van der Waals surface area (Å²) in [5.74, 6) is -0.0282. The molecule has 0 radical (unpaired) electrons. The molecule has 1 amide bonds. The van der Waals surface area contributed by atoms with Gasteiger partial charge >= 0.3 is 0 Å². The van der Waals surface area contributed by atoms with Crippen LogP contribution >= 0.6 is 0 Å². The molecule has 0 saturated heterocycles. The van der Waals surface area contributed by atoms with Crippen LogP contribution in [-0.4, -0.2) is 22.4 Å². The molecule has 2 N–H and O–H groups in total. The maximum Gasteiger partial charge on any atom is 0.280 e. The second kappa shape index (κ2) is 6.36. The zero-order valence-corrected chi connectivity index (χ0v) is 13.7. The van der Waals surface area contributed by atoms with Gasteiger partial charge < -0.3 is 10.6 Å². The molecule has 0 spiro atoms. The van der Waals surface area contributed by atoms with E-state index in [9.17, 15) is 4.79 Å². The van der Waals surface area contributed by atoms with Crippen molar-refractivity contribution < 1.29 is 4.79 Å². The monoisotopic (exact) mass is 330 g/mol. The molecule has 0 aliphatic carbocycles. The third-order valence-corrected chi connectivity index (χ3v) is 4.48. The summed E-state index contributed by atoms with van der Waals surface area (Å²) in [7, 11) is 0. The van der Waals surface area contributed by atoms with Gasteiger partial charge in [-0.25, -0.2) is 9.97 Å². The molecular formula is C20H18N4O. The molecule has 0 saturated carbocycles. The molecule has 1 aliphatic rings. The van der Waals surface area contributed by atoms with E-state index >= 15 is 0 Å². The normalized spacial score (nSPS) is 13.4. The molecule has 0 fully saturated rings. The summed E-state index contributed by atoms with van der Waals surface area (Å²) in [5.41, 5.74) is 10.5. The highest BCUT2D eigenvalue weighted by atomic mass is 16.2. The van der Waals surface area contributed by atoms with Crippen LogP contribution in [0.25, 0.3) is 11.1 Å². The molecule has 5 nitrogen and oxygen atoms in total. The van der Waals surface area contributed by atoms with Crippen molar-refractivity contribution in [2.24, 2.45) is 0 Å². The summed E-state index contributed by atoms with van der Waals surface area (Å²) in [6, 6.07) is 16.5. The Morgan fingerprint density at radius 1 is 1.00 bits per heavy atom. The minimum atomic E-state index is -0.195. The van der Waals surface area contributed by atoms with Gasteiger partial charge in [-0.1, -0.05) is 36.4 Å². The Hall–Kier alpha value is -3.21. The van der Waals surface area contributed by atoms with Crippen molar-refractivity contribution in [1.82, 2.24) is 9.97 Å². The van der Waals surface area contributed by atoms with E-state index in [1.54, 1.807) is 4.90 Å². The SMILES string of the molecule is Nc1nccnc1C(=O)N1CCCc2cc(-c3ccccc3)ccc21. The van der Waals surface area contributed by atoms with Crippen molar-refractivity contribution in [3.63, 3.8) is 0 Å². The number of rotatable bonds is 2. The summed E-state index contributed by atoms with van der Waals surface area (Å²) in [6.45, 7) is 0.659. The van der Waals surface area contributed by atoms with Crippen molar-refractivity contribution in [2.75, 3.05) is 17.2 Å². The van der Waals surface area contributed by atoms with E-state index < -0.39 is 0 Å². The fourth-order valence-corrected chi connectivity index (χ4v) is 3.26. The van der Waals surface area contributed by atoms with Crippen molar-refractivity contribution in [1.29, 1.82) is 0 Å². The first-order valence-electron chi connectivity index (χ1n) is 8.31. The predicted molar refractivity (Wildman–Crippen MR) is 98.3 cm³/mol. The summed E-state index contributed by atoms with van der Waals surface area (Å²) >= 11 is 0. The van der Waals surface area contributed by atoms with Gasteiger partial charge in [0.25, 0.3) is 5.91 Å². The first-order valence-corrected chi connectivity index (χ1v) is 8.31. The lowest BCUT2D eigenvalue weighted by Crippen LogP contribution is -2.36. The standard InChI is InChI=1S/C20H18N4O/c21-19-18(22-10-11-23-19)20(25)24-12-4-7-16-13-15(8-9-17(16)24)14-5-2-1-3-6-14/h1-3,5-6,8-11,13H,4,7,12H2,(H2,21,23). The average Bonchev–Trinajstić information content (AvgIpc) is 2.67. The molecule has 25 heavy (non-hydrogen) atoms. The third kappa shape index (κ3) is 2.85. The molecule has 0 unspecified atom stereocenters. The molecule has 4 rings (SSSR count). The van der Waals surface area contributed by atoms with Crippen LogP contribution in [-0.2, 0) is 6.42 Å². The lowest BCUT2D eigenvalue weighted by molar-refractivity contribution is 0.0981. The number of fused-ring (bicyclic) bond motifs is 1. The van der Waals surface area contributed by atoms with Crippen molar-refractivity contribution >= 4 is 17.4 Å². The summed E-state index contributed by atoms with van der Waals surface area (Å²) in [6.07, 6.45) is 4.85. The quantitative estimate of drug-likeness (QED) is 0.782. The molecule has 0 atom stereocenters. The van der Waals surface area contributed by atoms with Crippen LogP contribution in [0.4, 0.5) is 11.5 Å². The van der Waals surface area contributed by atoms with Crippen molar-refractivity contribution in [3.8, 4) is 11.1 Å². The maximum atomic E-state index is 12.9. The van der Waals surface area contributed by atoms with E-state index in [1.807, 2.05) is 24.3 Å². The first kappa shape index (κ1) is 15.3. The van der Waals surface area contributed by atoms with Gasteiger partial charge in [-0.05, 0) is 41.7 Å². The zero-order chi connectivity index (χ0) is 17.2. The fourth-order valence-electron chi connectivity index (χ4n) is 3.26. The van der Waals surface area contributed by atoms with Crippen molar-refractivity contribution in [3.05, 3.63) is 72.2 Å². The van der Waals surface area contributed by atoms with E-state index in [2.05, 4.69) is 34.2 Å². The number of carbonyl (C=O) groups is 1. The number of aryl methyl sites for hydroxylation is 1. The Labute approximate surface area is 146 Å². The number of hydrogen-bond donors (Lipinski definition) is 1. The highest BCUT2D eigenvalue weighted by molar-refractivity contribution is 6.08. The lowest BCUT2D eigenvalue weighted by atomic mass is 9.96. The second-order valence-electron chi connectivity index (χ2n) is 6.06. The first-order chi connectivity index (χ1) is 12.2. The molecule has 5 heteroatoms. The molecule has 0 bridgehead atoms. The average molecular weight is 330 g/mol. The van der Waals surface area contributed by atoms with E-state index in [0.29, 0.717) is 6.54 Å². The largest absolute Gasteiger partial charge is 0.382 e. The van der Waals surface area contributed by atoms with Crippen LogP contribution in [0.1, 0.15) is 22.5 Å². The molecule has 2 aromatic carbocycles. The molecule has 2 heterocycles. The second-order valence-corrected chi connectivity index (χ2v) is 6.06. The van der Waals surface area contributed by atoms with Crippen molar-refractivity contribution in [2.45, 2.75) is 12.8 Å². The highest BCUT2D eigenvalue weighted by Crippen LogP contribution is 2.32. The number of amides is 1. The molecule has 1 aliphatic heterocycles. The number of nitrogens with two attached hydrogens (primary N) is 1. The van der Waals surface area contributed by atoms with E-state index in [0.717, 1.165) is 24.1 Å². The van der Waals surface area contributed by atoms with Crippen LogP contribution < -0.4 is 10.6 Å². The van der Waals surface area contributed by atoms with Gasteiger partial charge in [-0.2, -0.15) is 0 Å². The molecular weight excluding hydrogens is 312 g/mol. The van der Waals surface area contributed by atoms with E-state index in [4.69, 9.17) is 5.73 Å². The minimum Gasteiger partial charge on any atom is -0.382 e. The Balaban J connectivity index is 1.71. The number of aromatic nitrogens is 2. The predicted octanol–water partition coefficient (Wildman–Crippen LogP) is 3.32. The van der Waals surface area contributed by atoms with Gasteiger partial charge in [0.2, 0.25) is 0 Å². The summed E-state index contributed by atoms with van der Waals surface area (Å²) < 4.78 is 0. The molecule has 124 valence electrons. The summed E-state index contributed by atoms with van der Waals surface area (Å²) in [4.78, 5) is 22.7. The Kier molecular flexibility index (Phi) is 3.90. The number of nitrogens with zero attached hydrogens (tertiary/aromatic N) is 3. The highest BCUT2D eigenvalue weighted by Gasteiger charge is 2.26. The van der Waals surface area contributed by atoms with Crippen LogP contribution in [0.2, 0.25) is 0 Å². The fraction of sp³-hybridized carbons (Fsp3) is 0.150. The number of hydrogen-bond acceptors (Lipinski definition) is 4. The third-order valence-electron chi connectivity index (χ3n) is 4.48. The lowest BCUT2D eigenvalue weighted by Gasteiger charge is -2.29. The topological polar surface area (TPSA) is 72.1 Å². The number of nitrogen functional groups attached to an aromatic ring is 1. The number of anilines is 2. The number of carbonyl (C=O) groups excluding carboxylic acids is 1. The number of benzene rings is 2. The van der Waals surface area contributed by atoms with Gasteiger partial charge in [0.05, 0.1) is 0 Å². The Morgan fingerprint density at radius 3 is 2.60 bits per heavy atom. The molecule has 3 aromatic rings. The van der Waals surface area contributed by atoms with Gasteiger partial charge in [0, 0.05) is 24.6 Å².